The molecule has 0 aliphatic heterocycles. The van der Waals surface area contributed by atoms with E-state index in [2.05, 4.69) is 0 Å². The summed E-state index contributed by atoms with van der Waals surface area (Å²) in [6.07, 6.45) is 0.322. The summed E-state index contributed by atoms with van der Waals surface area (Å²) in [6, 6.07) is 17.4. The third-order valence-electron chi connectivity index (χ3n) is 3.25. The first kappa shape index (κ1) is 15.3. The van der Waals surface area contributed by atoms with Gasteiger partial charge in [0.1, 0.15) is 0 Å². The maximum absolute atomic E-state index is 12.3. The number of benzene rings is 2. The van der Waals surface area contributed by atoms with E-state index >= 15 is 0 Å². The molecule has 0 fully saturated rings. The minimum atomic E-state index is -3.53. The Balaban J connectivity index is 2.19. The molecular formula is C16H17NO3S. The average molecular weight is 303 g/mol. The van der Waals surface area contributed by atoms with Crippen LogP contribution in [0.1, 0.15) is 5.56 Å². The molecule has 1 atom stereocenters. The molecule has 0 radical (unpaired) electrons. The van der Waals surface area contributed by atoms with Crippen LogP contribution in [0.2, 0.25) is 0 Å². The molecule has 1 unspecified atom stereocenters. The summed E-state index contributed by atoms with van der Waals surface area (Å²) in [6.45, 7) is 0. The number of primary amides is 1. The van der Waals surface area contributed by atoms with Gasteiger partial charge in [-0.2, -0.15) is 0 Å². The highest BCUT2D eigenvalue weighted by Gasteiger charge is 2.25. The van der Waals surface area contributed by atoms with Gasteiger partial charge in [0.25, 0.3) is 0 Å². The normalized spacial score (nSPS) is 12.8. The van der Waals surface area contributed by atoms with Crippen molar-refractivity contribution < 1.29 is 13.2 Å². The second-order valence-electron chi connectivity index (χ2n) is 4.88. The highest BCUT2D eigenvalue weighted by atomic mass is 32.2. The van der Waals surface area contributed by atoms with E-state index in [0.717, 1.165) is 5.56 Å². The van der Waals surface area contributed by atoms with Gasteiger partial charge in [-0.1, -0.05) is 48.5 Å². The fraction of sp³-hybridized carbons (Fsp3) is 0.188. The van der Waals surface area contributed by atoms with Crippen molar-refractivity contribution in [2.24, 2.45) is 11.7 Å². The number of carbonyl (C=O) groups excluding carboxylic acids is 1. The van der Waals surface area contributed by atoms with E-state index in [9.17, 15) is 13.2 Å². The van der Waals surface area contributed by atoms with E-state index in [1.807, 2.05) is 30.3 Å². The number of amides is 1. The lowest BCUT2D eigenvalue weighted by Crippen LogP contribution is -2.31. The second kappa shape index (κ2) is 6.54. The molecule has 0 saturated heterocycles. The standard InChI is InChI=1S/C16H17NO3S/c17-16(18)14(11-13-7-3-1-4-8-13)12-21(19,20)15-9-5-2-6-10-15/h1-10,14H,11-12H2,(H2,17,18). The number of nitrogens with two attached hydrogens (primary N) is 1. The van der Waals surface area contributed by atoms with Crippen LogP contribution in [0.3, 0.4) is 0 Å². The van der Waals surface area contributed by atoms with Crippen LogP contribution < -0.4 is 5.73 Å². The first-order valence-corrected chi connectivity index (χ1v) is 8.25. The summed E-state index contributed by atoms with van der Waals surface area (Å²) >= 11 is 0. The Hall–Kier alpha value is -2.14. The van der Waals surface area contributed by atoms with E-state index in [1.54, 1.807) is 18.2 Å². The van der Waals surface area contributed by atoms with Crippen molar-refractivity contribution in [3.63, 3.8) is 0 Å². The number of carbonyl (C=O) groups is 1. The molecule has 2 aromatic rings. The Morgan fingerprint density at radius 1 is 0.952 bits per heavy atom. The van der Waals surface area contributed by atoms with Gasteiger partial charge in [0.2, 0.25) is 5.91 Å². The Bertz CT molecular complexity index is 697. The van der Waals surface area contributed by atoms with E-state index in [0.29, 0.717) is 6.42 Å². The highest BCUT2D eigenvalue weighted by Crippen LogP contribution is 2.17. The lowest BCUT2D eigenvalue weighted by atomic mass is 10.0. The fourth-order valence-corrected chi connectivity index (χ4v) is 3.71. The molecule has 21 heavy (non-hydrogen) atoms. The zero-order chi connectivity index (χ0) is 15.3. The van der Waals surface area contributed by atoms with E-state index in [4.69, 9.17) is 5.73 Å². The lowest BCUT2D eigenvalue weighted by Gasteiger charge is -2.14. The summed E-state index contributed by atoms with van der Waals surface area (Å²) in [4.78, 5) is 11.8. The summed E-state index contributed by atoms with van der Waals surface area (Å²) in [5.41, 5.74) is 6.26. The van der Waals surface area contributed by atoms with Crippen LogP contribution in [0.25, 0.3) is 0 Å². The number of hydrogen-bond donors (Lipinski definition) is 1. The number of sulfone groups is 1. The van der Waals surface area contributed by atoms with Crippen molar-refractivity contribution in [3.8, 4) is 0 Å². The molecule has 4 nitrogen and oxygen atoms in total. The van der Waals surface area contributed by atoms with Crippen molar-refractivity contribution in [2.75, 3.05) is 5.75 Å². The van der Waals surface area contributed by atoms with Crippen molar-refractivity contribution in [2.45, 2.75) is 11.3 Å². The summed E-state index contributed by atoms with van der Waals surface area (Å²) < 4.78 is 24.7. The van der Waals surface area contributed by atoms with Gasteiger partial charge in [-0.25, -0.2) is 8.42 Å². The Morgan fingerprint density at radius 3 is 2.00 bits per heavy atom. The molecule has 2 rings (SSSR count). The van der Waals surface area contributed by atoms with Gasteiger partial charge in [-0.15, -0.1) is 0 Å². The molecule has 0 aliphatic carbocycles. The minimum Gasteiger partial charge on any atom is -0.369 e. The van der Waals surface area contributed by atoms with Crippen LogP contribution in [-0.4, -0.2) is 20.1 Å². The van der Waals surface area contributed by atoms with Crippen LogP contribution in [0.5, 0.6) is 0 Å². The van der Waals surface area contributed by atoms with Crippen molar-refractivity contribution in [1.29, 1.82) is 0 Å². The molecule has 1 amide bonds. The maximum Gasteiger partial charge on any atom is 0.221 e. The van der Waals surface area contributed by atoms with Crippen LogP contribution in [0.4, 0.5) is 0 Å². The number of rotatable bonds is 6. The van der Waals surface area contributed by atoms with Gasteiger partial charge in [-0.05, 0) is 24.1 Å². The Labute approximate surface area is 124 Å². The second-order valence-corrected chi connectivity index (χ2v) is 6.92. The average Bonchev–Trinajstić information content (AvgIpc) is 2.48. The van der Waals surface area contributed by atoms with Gasteiger partial charge in [0.15, 0.2) is 9.84 Å². The van der Waals surface area contributed by atoms with Crippen LogP contribution in [0, 0.1) is 5.92 Å². The van der Waals surface area contributed by atoms with E-state index in [-0.39, 0.29) is 10.6 Å². The van der Waals surface area contributed by atoms with Crippen molar-refractivity contribution in [1.82, 2.24) is 0 Å². The molecule has 0 heterocycles. The number of hydrogen-bond acceptors (Lipinski definition) is 3. The monoisotopic (exact) mass is 303 g/mol. The van der Waals surface area contributed by atoms with Crippen molar-refractivity contribution in [3.05, 3.63) is 66.2 Å². The topological polar surface area (TPSA) is 77.2 Å². The Morgan fingerprint density at radius 2 is 1.48 bits per heavy atom. The van der Waals surface area contributed by atoms with Crippen LogP contribution in [-0.2, 0) is 21.1 Å². The Kier molecular flexibility index (Phi) is 4.75. The van der Waals surface area contributed by atoms with Gasteiger partial charge >= 0.3 is 0 Å². The minimum absolute atomic E-state index is 0.212. The molecule has 0 aromatic heterocycles. The van der Waals surface area contributed by atoms with Crippen LogP contribution >= 0.6 is 0 Å². The molecule has 5 heteroatoms. The third kappa shape index (κ3) is 4.16. The summed E-state index contributed by atoms with van der Waals surface area (Å²) in [7, 11) is -3.53. The molecule has 0 bridgehead atoms. The van der Waals surface area contributed by atoms with Gasteiger partial charge in [0, 0.05) is 0 Å². The largest absolute Gasteiger partial charge is 0.369 e. The molecule has 2 aromatic carbocycles. The van der Waals surface area contributed by atoms with E-state index < -0.39 is 21.7 Å². The van der Waals surface area contributed by atoms with Gasteiger partial charge in [-0.3, -0.25) is 4.79 Å². The third-order valence-corrected chi connectivity index (χ3v) is 5.08. The van der Waals surface area contributed by atoms with Crippen LogP contribution in [0.15, 0.2) is 65.6 Å². The van der Waals surface area contributed by atoms with E-state index in [1.165, 1.54) is 12.1 Å². The maximum atomic E-state index is 12.3. The van der Waals surface area contributed by atoms with Crippen molar-refractivity contribution >= 4 is 15.7 Å². The predicted molar refractivity (Wildman–Crippen MR) is 81.3 cm³/mol. The highest BCUT2D eigenvalue weighted by molar-refractivity contribution is 7.91. The quantitative estimate of drug-likeness (QED) is 0.884. The molecule has 2 N–H and O–H groups in total. The van der Waals surface area contributed by atoms with Gasteiger partial charge < -0.3 is 5.73 Å². The summed E-state index contributed by atoms with van der Waals surface area (Å²) in [5.74, 6) is -1.61. The fourth-order valence-electron chi connectivity index (χ4n) is 2.13. The SMILES string of the molecule is NC(=O)C(Cc1ccccc1)CS(=O)(=O)c1ccccc1. The molecule has 0 spiro atoms. The molecular weight excluding hydrogens is 286 g/mol. The first-order chi connectivity index (χ1) is 9.99. The zero-order valence-corrected chi connectivity index (χ0v) is 12.3. The lowest BCUT2D eigenvalue weighted by molar-refractivity contribution is -0.121. The predicted octanol–water partition coefficient (Wildman–Crippen LogP) is 1.80. The van der Waals surface area contributed by atoms with Gasteiger partial charge in [0.05, 0.1) is 16.6 Å². The molecule has 0 saturated carbocycles. The summed E-state index contributed by atoms with van der Waals surface area (Å²) in [5, 5.41) is 0. The molecule has 0 aliphatic rings. The zero-order valence-electron chi connectivity index (χ0n) is 11.5. The smallest absolute Gasteiger partial charge is 0.221 e. The molecule has 110 valence electrons. The first-order valence-electron chi connectivity index (χ1n) is 6.60.